The van der Waals surface area contributed by atoms with Crippen molar-refractivity contribution in [2.24, 2.45) is 0 Å². The maximum absolute atomic E-state index is 11.9. The minimum Gasteiger partial charge on any atom is -0.507 e. The van der Waals surface area contributed by atoms with Crippen molar-refractivity contribution in [2.75, 3.05) is 19.5 Å². The normalized spacial score (nSPS) is 10.8. The Labute approximate surface area is 205 Å². The van der Waals surface area contributed by atoms with Gasteiger partial charge in [0.25, 0.3) is 5.91 Å². The highest BCUT2D eigenvalue weighted by molar-refractivity contribution is 8.55. The van der Waals surface area contributed by atoms with Crippen LogP contribution in [0.15, 0.2) is 71.6 Å². The minimum atomic E-state index is -3.23. The molecule has 0 saturated heterocycles. The van der Waals surface area contributed by atoms with E-state index in [1.807, 2.05) is 18.2 Å². The third-order valence-electron chi connectivity index (χ3n) is 3.81. The summed E-state index contributed by atoms with van der Waals surface area (Å²) in [6.45, 7) is -3.23. The first-order valence-electron chi connectivity index (χ1n) is 8.89. The summed E-state index contributed by atoms with van der Waals surface area (Å²) >= 11 is 18.4. The van der Waals surface area contributed by atoms with Crippen molar-refractivity contribution in [1.82, 2.24) is 0 Å². The lowest BCUT2D eigenvalue weighted by atomic mass is 10.2. The van der Waals surface area contributed by atoms with Gasteiger partial charge in [-0.1, -0.05) is 65.1 Å². The zero-order valence-corrected chi connectivity index (χ0v) is 20.9. The monoisotopic (exact) mass is 533 g/mol. The summed E-state index contributed by atoms with van der Waals surface area (Å²) in [5.41, 5.74) is 0.974. The molecule has 0 aliphatic rings. The molecule has 0 aliphatic heterocycles. The number of aromatic hydroxyl groups is 1. The summed E-state index contributed by atoms with van der Waals surface area (Å²) in [5, 5.41) is 13.2. The number of para-hydroxylation sites is 2. The summed E-state index contributed by atoms with van der Waals surface area (Å²) in [6.07, 6.45) is 0. The van der Waals surface area contributed by atoms with Gasteiger partial charge in [0.05, 0.1) is 20.6 Å². The number of hydrogen-bond donors (Lipinski definition) is 2. The van der Waals surface area contributed by atoms with Crippen LogP contribution in [-0.2, 0) is 13.6 Å². The van der Waals surface area contributed by atoms with Crippen LogP contribution in [0.2, 0.25) is 15.1 Å². The van der Waals surface area contributed by atoms with E-state index in [4.69, 9.17) is 43.9 Å². The highest BCUT2D eigenvalue weighted by atomic mass is 35.5. The summed E-state index contributed by atoms with van der Waals surface area (Å²) in [7, 11) is 2.59. The van der Waals surface area contributed by atoms with Crippen molar-refractivity contribution in [3.8, 4) is 5.75 Å². The SMILES string of the molecule is COP(=O)(OC)Sc1cc(Cl)c(Cl)cc1Cl.O=C(Nc1ccccc1)c1ccccc1O. The van der Waals surface area contributed by atoms with Gasteiger partial charge in [-0.15, -0.1) is 0 Å². The first kappa shape index (κ1) is 26.6. The van der Waals surface area contributed by atoms with Gasteiger partial charge in [0, 0.05) is 24.8 Å². The number of nitrogens with one attached hydrogen (secondary N) is 1. The van der Waals surface area contributed by atoms with E-state index >= 15 is 0 Å². The Morgan fingerprint density at radius 2 is 1.47 bits per heavy atom. The second kappa shape index (κ2) is 12.5. The van der Waals surface area contributed by atoms with Crippen molar-refractivity contribution >= 4 is 64.6 Å². The maximum Gasteiger partial charge on any atom is 0.393 e. The van der Waals surface area contributed by atoms with E-state index in [-0.39, 0.29) is 17.2 Å². The van der Waals surface area contributed by atoms with Crippen molar-refractivity contribution < 1.29 is 23.5 Å². The molecular weight excluding hydrogens is 516 g/mol. The molecule has 0 atom stereocenters. The number of rotatable bonds is 6. The number of carbonyl (C=O) groups is 1. The van der Waals surface area contributed by atoms with Gasteiger partial charge in [-0.25, -0.2) is 4.57 Å². The predicted octanol–water partition coefficient (Wildman–Crippen LogP) is 7.78. The van der Waals surface area contributed by atoms with Gasteiger partial charge in [-0.05, 0) is 47.8 Å². The Kier molecular flexibility index (Phi) is 10.4. The molecule has 0 heterocycles. The van der Waals surface area contributed by atoms with Crippen LogP contribution in [0.25, 0.3) is 0 Å². The molecule has 3 aromatic rings. The quantitative estimate of drug-likeness (QED) is 0.248. The zero-order chi connectivity index (χ0) is 23.7. The van der Waals surface area contributed by atoms with E-state index in [2.05, 4.69) is 5.32 Å². The van der Waals surface area contributed by atoms with Crippen molar-refractivity contribution in [3.05, 3.63) is 87.4 Å². The average molecular weight is 535 g/mol. The van der Waals surface area contributed by atoms with Crippen molar-refractivity contribution in [3.63, 3.8) is 0 Å². The fraction of sp³-hybridized carbons (Fsp3) is 0.0952. The van der Waals surface area contributed by atoms with E-state index in [1.165, 1.54) is 32.4 Å². The average Bonchev–Trinajstić information content (AvgIpc) is 2.78. The molecular formula is C21H19Cl3NO5PS. The number of hydrogen-bond acceptors (Lipinski definition) is 6. The van der Waals surface area contributed by atoms with E-state index in [9.17, 15) is 14.5 Å². The number of phenolic OH excluding ortho intramolecular Hbond substituents is 1. The molecule has 0 saturated carbocycles. The Balaban J connectivity index is 0.000000227. The van der Waals surface area contributed by atoms with Gasteiger partial charge in [-0.2, -0.15) is 0 Å². The molecule has 0 aromatic heterocycles. The van der Waals surface area contributed by atoms with Crippen LogP contribution in [-0.4, -0.2) is 25.2 Å². The number of benzene rings is 3. The first-order valence-corrected chi connectivity index (χ1v) is 13.0. The van der Waals surface area contributed by atoms with Crippen LogP contribution in [0.4, 0.5) is 5.69 Å². The van der Waals surface area contributed by atoms with Crippen LogP contribution in [0.3, 0.4) is 0 Å². The van der Waals surface area contributed by atoms with Gasteiger partial charge in [-0.3, -0.25) is 4.79 Å². The van der Waals surface area contributed by atoms with Crippen LogP contribution >= 0.6 is 53.0 Å². The number of carbonyl (C=O) groups excluding carboxylic acids is 1. The lowest BCUT2D eigenvalue weighted by molar-refractivity contribution is 0.102. The fourth-order valence-electron chi connectivity index (χ4n) is 2.23. The molecule has 0 bridgehead atoms. The molecule has 0 aliphatic carbocycles. The van der Waals surface area contributed by atoms with E-state index in [0.717, 1.165) is 11.4 Å². The van der Waals surface area contributed by atoms with Gasteiger partial charge >= 0.3 is 6.80 Å². The van der Waals surface area contributed by atoms with Crippen molar-refractivity contribution in [1.29, 1.82) is 0 Å². The molecule has 0 radical (unpaired) electrons. The second-order valence-electron chi connectivity index (χ2n) is 5.94. The van der Waals surface area contributed by atoms with Crippen LogP contribution in [0, 0.1) is 0 Å². The van der Waals surface area contributed by atoms with E-state index < -0.39 is 6.80 Å². The summed E-state index contributed by atoms with van der Waals surface area (Å²) in [6, 6.07) is 18.6. The van der Waals surface area contributed by atoms with Crippen LogP contribution in [0.1, 0.15) is 10.4 Å². The minimum absolute atomic E-state index is 0.0177. The maximum atomic E-state index is 11.9. The summed E-state index contributed by atoms with van der Waals surface area (Å²) < 4.78 is 21.4. The first-order chi connectivity index (χ1) is 15.2. The number of anilines is 1. The Morgan fingerprint density at radius 3 is 2.06 bits per heavy atom. The number of amides is 1. The number of halogens is 3. The Morgan fingerprint density at radius 1 is 0.906 bits per heavy atom. The second-order valence-corrected chi connectivity index (χ2v) is 11.3. The largest absolute Gasteiger partial charge is 0.507 e. The molecule has 6 nitrogen and oxygen atoms in total. The van der Waals surface area contributed by atoms with Gasteiger partial charge in [0.15, 0.2) is 0 Å². The molecule has 0 fully saturated rings. The smallest absolute Gasteiger partial charge is 0.393 e. The molecule has 32 heavy (non-hydrogen) atoms. The molecule has 3 rings (SSSR count). The predicted molar refractivity (Wildman–Crippen MR) is 131 cm³/mol. The molecule has 0 spiro atoms. The van der Waals surface area contributed by atoms with Crippen LogP contribution in [0.5, 0.6) is 5.75 Å². The third kappa shape index (κ3) is 7.71. The van der Waals surface area contributed by atoms with E-state index in [0.29, 0.717) is 25.7 Å². The fourth-order valence-corrected chi connectivity index (χ4v) is 5.60. The van der Waals surface area contributed by atoms with Crippen molar-refractivity contribution in [2.45, 2.75) is 4.90 Å². The molecule has 0 unspecified atom stereocenters. The Hall–Kier alpha value is -1.70. The topological polar surface area (TPSA) is 84.9 Å². The van der Waals surface area contributed by atoms with Gasteiger partial charge in [0.1, 0.15) is 5.75 Å². The number of phenols is 1. The molecule has 2 N–H and O–H groups in total. The molecule has 3 aromatic carbocycles. The molecule has 1 amide bonds. The molecule has 170 valence electrons. The molecule has 11 heteroatoms. The standard InChI is InChI=1S/C13H11NO2.C8H8Cl3O3PS/c15-12-9-5-4-8-11(12)13(16)14-10-6-2-1-3-7-10;1-13-15(12,14-2)16-8-4-6(10)5(9)3-7(8)11/h1-9,15H,(H,14,16);3-4H,1-2H3. The lowest BCUT2D eigenvalue weighted by Gasteiger charge is -2.13. The van der Waals surface area contributed by atoms with E-state index in [1.54, 1.807) is 30.3 Å². The van der Waals surface area contributed by atoms with Crippen LogP contribution < -0.4 is 5.32 Å². The lowest BCUT2D eigenvalue weighted by Crippen LogP contribution is -2.11. The third-order valence-corrected chi connectivity index (χ3v) is 8.77. The van der Waals surface area contributed by atoms with Gasteiger partial charge in [0.2, 0.25) is 0 Å². The highest BCUT2D eigenvalue weighted by Crippen LogP contribution is 2.63. The zero-order valence-electron chi connectivity index (χ0n) is 16.9. The summed E-state index contributed by atoms with van der Waals surface area (Å²) in [4.78, 5) is 12.3. The summed E-state index contributed by atoms with van der Waals surface area (Å²) in [5.74, 6) is -0.333. The highest BCUT2D eigenvalue weighted by Gasteiger charge is 2.25. The van der Waals surface area contributed by atoms with Gasteiger partial charge < -0.3 is 19.5 Å². The Bertz CT molecular complexity index is 1110.